The van der Waals surface area contributed by atoms with Crippen molar-refractivity contribution in [2.75, 3.05) is 5.01 Å². The molecular formula is C19H26N4O3S. The Morgan fingerprint density at radius 1 is 1.07 bits per heavy atom. The van der Waals surface area contributed by atoms with Crippen molar-refractivity contribution in [3.8, 4) is 0 Å². The quantitative estimate of drug-likeness (QED) is 0.735. The molecule has 146 valence electrons. The number of urea groups is 1. The van der Waals surface area contributed by atoms with E-state index < -0.39 is 16.1 Å². The molecule has 2 aliphatic rings. The molecule has 0 atom stereocenters. The topological polar surface area (TPSA) is 90.5 Å². The molecule has 1 aliphatic carbocycles. The highest BCUT2D eigenvalue weighted by Gasteiger charge is 2.21. The number of anilines is 1. The average molecular weight is 391 g/mol. The third-order valence-electron chi connectivity index (χ3n) is 4.79. The lowest BCUT2D eigenvalue weighted by Crippen LogP contribution is -2.45. The second-order valence-corrected chi connectivity index (χ2v) is 8.70. The van der Waals surface area contributed by atoms with E-state index in [4.69, 9.17) is 0 Å². The fourth-order valence-electron chi connectivity index (χ4n) is 3.31. The first-order valence-corrected chi connectivity index (χ1v) is 10.7. The number of hydrogen-bond donors (Lipinski definition) is 3. The van der Waals surface area contributed by atoms with E-state index >= 15 is 0 Å². The van der Waals surface area contributed by atoms with E-state index in [0.717, 1.165) is 42.8 Å². The molecule has 1 aromatic carbocycles. The number of rotatable bonds is 4. The number of hydrogen-bond acceptors (Lipinski definition) is 5. The van der Waals surface area contributed by atoms with Gasteiger partial charge < -0.3 is 5.32 Å². The summed E-state index contributed by atoms with van der Waals surface area (Å²) in [7, 11) is -3.91. The van der Waals surface area contributed by atoms with Crippen molar-refractivity contribution in [3.63, 3.8) is 0 Å². The van der Waals surface area contributed by atoms with Crippen molar-refractivity contribution in [1.82, 2.24) is 15.5 Å². The highest BCUT2D eigenvalue weighted by Crippen LogP contribution is 2.22. The Balaban J connectivity index is 1.65. The molecule has 1 fully saturated rings. The second-order valence-electron chi connectivity index (χ2n) is 7.01. The van der Waals surface area contributed by atoms with E-state index in [2.05, 4.69) is 15.5 Å². The Kier molecular flexibility index (Phi) is 5.74. The maximum Gasteiger partial charge on any atom is 0.328 e. The van der Waals surface area contributed by atoms with Crippen LogP contribution in [-0.2, 0) is 10.0 Å². The van der Waals surface area contributed by atoms with E-state index in [1.165, 1.54) is 18.6 Å². The van der Waals surface area contributed by atoms with Gasteiger partial charge in [0.15, 0.2) is 0 Å². The van der Waals surface area contributed by atoms with Gasteiger partial charge >= 0.3 is 6.03 Å². The molecule has 7 nitrogen and oxygen atoms in total. The summed E-state index contributed by atoms with van der Waals surface area (Å²) in [6, 6.07) is 5.78. The molecule has 1 saturated carbocycles. The minimum Gasteiger partial charge on any atom is -0.335 e. The summed E-state index contributed by atoms with van der Waals surface area (Å²) >= 11 is 0. The number of sulfonamides is 1. The van der Waals surface area contributed by atoms with Crippen LogP contribution in [0.1, 0.15) is 46.0 Å². The third-order valence-corrected chi connectivity index (χ3v) is 6.13. The summed E-state index contributed by atoms with van der Waals surface area (Å²) in [4.78, 5) is 12.1. The van der Waals surface area contributed by atoms with Crippen LogP contribution in [0.5, 0.6) is 0 Å². The molecule has 1 aromatic rings. The zero-order valence-electron chi connectivity index (χ0n) is 15.7. The Hall–Kier alpha value is -2.48. The van der Waals surface area contributed by atoms with Gasteiger partial charge in [-0.15, -0.1) is 0 Å². The predicted molar refractivity (Wildman–Crippen MR) is 105 cm³/mol. The highest BCUT2D eigenvalue weighted by molar-refractivity contribution is 7.90. The molecule has 1 aliphatic heterocycles. The number of carbonyl (C=O) groups is 1. The summed E-state index contributed by atoms with van der Waals surface area (Å²) < 4.78 is 27.0. The smallest absolute Gasteiger partial charge is 0.328 e. The minimum atomic E-state index is -3.91. The Morgan fingerprint density at radius 3 is 2.41 bits per heavy atom. The fraction of sp³-hybridized carbons (Fsp3) is 0.421. The molecule has 3 rings (SSSR count). The predicted octanol–water partition coefficient (Wildman–Crippen LogP) is 3.14. The van der Waals surface area contributed by atoms with Crippen molar-refractivity contribution in [3.05, 3.63) is 47.8 Å². The number of allylic oxidation sites excluding steroid dienone is 4. The summed E-state index contributed by atoms with van der Waals surface area (Å²) in [5.74, 6) is 0. The van der Waals surface area contributed by atoms with Crippen LogP contribution in [0.25, 0.3) is 0 Å². The molecule has 0 radical (unpaired) electrons. The Morgan fingerprint density at radius 2 is 1.74 bits per heavy atom. The maximum absolute atomic E-state index is 12.5. The van der Waals surface area contributed by atoms with Crippen molar-refractivity contribution < 1.29 is 13.2 Å². The number of amides is 2. The van der Waals surface area contributed by atoms with Crippen molar-refractivity contribution in [2.45, 2.75) is 56.9 Å². The van der Waals surface area contributed by atoms with Gasteiger partial charge in [0.1, 0.15) is 0 Å². The van der Waals surface area contributed by atoms with Crippen LogP contribution in [0, 0.1) is 0 Å². The van der Waals surface area contributed by atoms with Crippen LogP contribution in [0.4, 0.5) is 10.5 Å². The van der Waals surface area contributed by atoms with Gasteiger partial charge in [0.25, 0.3) is 10.0 Å². The Bertz CT molecular complexity index is 853. The van der Waals surface area contributed by atoms with Gasteiger partial charge in [0, 0.05) is 17.4 Å². The van der Waals surface area contributed by atoms with Crippen LogP contribution in [-0.4, -0.2) is 20.5 Å². The number of nitrogens with zero attached hydrogens (tertiary/aromatic N) is 1. The maximum atomic E-state index is 12.5. The lowest BCUT2D eigenvalue weighted by atomic mass is 9.96. The van der Waals surface area contributed by atoms with Crippen molar-refractivity contribution in [1.29, 1.82) is 0 Å². The van der Waals surface area contributed by atoms with E-state index in [-0.39, 0.29) is 10.9 Å². The lowest BCUT2D eigenvalue weighted by molar-refractivity contribution is 0.237. The van der Waals surface area contributed by atoms with E-state index in [1.54, 1.807) is 12.1 Å². The molecule has 27 heavy (non-hydrogen) atoms. The largest absolute Gasteiger partial charge is 0.335 e. The average Bonchev–Trinajstić information content (AvgIpc) is 2.64. The molecular weight excluding hydrogens is 364 g/mol. The first kappa shape index (κ1) is 19.3. The van der Waals surface area contributed by atoms with E-state index in [9.17, 15) is 13.2 Å². The number of benzene rings is 1. The SMILES string of the molecule is CC1=CC=C(C)N(c2ccc(S(=O)(=O)NC(=O)NC3CCCCC3)cc2)N1. The zero-order chi connectivity index (χ0) is 19.4. The van der Waals surface area contributed by atoms with Gasteiger partial charge in [-0.05, 0) is 63.1 Å². The summed E-state index contributed by atoms with van der Waals surface area (Å²) in [5, 5.41) is 4.63. The molecule has 0 bridgehead atoms. The molecule has 3 N–H and O–H groups in total. The van der Waals surface area contributed by atoms with E-state index in [1.807, 2.05) is 31.0 Å². The first-order chi connectivity index (χ1) is 12.8. The van der Waals surface area contributed by atoms with Crippen LogP contribution in [0.15, 0.2) is 52.7 Å². The first-order valence-electron chi connectivity index (χ1n) is 9.20. The van der Waals surface area contributed by atoms with Gasteiger partial charge in [-0.3, -0.25) is 10.4 Å². The normalized spacial score (nSPS) is 18.2. The molecule has 0 aromatic heterocycles. The summed E-state index contributed by atoms with van der Waals surface area (Å²) in [6.07, 6.45) is 9.03. The molecule has 8 heteroatoms. The standard InChI is InChI=1S/C19H26N4O3S/c1-14-8-9-15(2)23(21-14)17-10-12-18(13-11-17)27(25,26)22-19(24)20-16-6-4-3-5-7-16/h8-13,16,21H,3-7H2,1-2H3,(H2,20,22,24). The molecule has 0 unspecified atom stereocenters. The summed E-state index contributed by atoms with van der Waals surface area (Å²) in [6.45, 7) is 3.90. The number of nitrogens with one attached hydrogen (secondary N) is 3. The third kappa shape index (κ3) is 4.82. The molecule has 1 heterocycles. The second kappa shape index (κ2) is 8.04. The van der Waals surface area contributed by atoms with Gasteiger partial charge in [-0.2, -0.15) is 0 Å². The molecule has 0 saturated heterocycles. The van der Waals surface area contributed by atoms with E-state index in [0.29, 0.717) is 0 Å². The monoisotopic (exact) mass is 390 g/mol. The zero-order valence-corrected chi connectivity index (χ0v) is 16.5. The van der Waals surface area contributed by atoms with Crippen LogP contribution >= 0.6 is 0 Å². The van der Waals surface area contributed by atoms with Gasteiger partial charge in [0.2, 0.25) is 0 Å². The number of hydrazine groups is 1. The molecule has 2 amide bonds. The van der Waals surface area contributed by atoms with Gasteiger partial charge in [-0.25, -0.2) is 17.9 Å². The van der Waals surface area contributed by atoms with Crippen LogP contribution in [0.3, 0.4) is 0 Å². The van der Waals surface area contributed by atoms with Gasteiger partial charge in [-0.1, -0.05) is 19.3 Å². The molecule has 0 spiro atoms. The lowest BCUT2D eigenvalue weighted by Gasteiger charge is -2.30. The highest BCUT2D eigenvalue weighted by atomic mass is 32.2. The minimum absolute atomic E-state index is 0.0487. The van der Waals surface area contributed by atoms with Crippen LogP contribution < -0.4 is 20.5 Å². The fourth-order valence-corrected chi connectivity index (χ4v) is 4.22. The number of carbonyl (C=O) groups excluding carboxylic acids is 1. The van der Waals surface area contributed by atoms with Gasteiger partial charge in [0.05, 0.1) is 10.6 Å². The van der Waals surface area contributed by atoms with Crippen molar-refractivity contribution >= 4 is 21.7 Å². The summed E-state index contributed by atoms with van der Waals surface area (Å²) in [5.41, 5.74) is 5.99. The van der Waals surface area contributed by atoms with Crippen LogP contribution in [0.2, 0.25) is 0 Å². The Labute approximate surface area is 160 Å². The van der Waals surface area contributed by atoms with Crippen molar-refractivity contribution in [2.24, 2.45) is 0 Å².